The van der Waals surface area contributed by atoms with Crippen LogP contribution in [-0.4, -0.2) is 19.7 Å². The highest BCUT2D eigenvalue weighted by atomic mass is 16.5. The highest BCUT2D eigenvalue weighted by Crippen LogP contribution is 2.47. The third kappa shape index (κ3) is 2.90. The van der Waals surface area contributed by atoms with E-state index >= 15 is 0 Å². The van der Waals surface area contributed by atoms with E-state index in [0.717, 1.165) is 11.8 Å². The maximum atomic E-state index is 5.46. The van der Waals surface area contributed by atoms with Gasteiger partial charge in [0.05, 0.1) is 19.7 Å². The molecule has 2 fully saturated rings. The van der Waals surface area contributed by atoms with E-state index in [9.17, 15) is 0 Å². The largest absolute Gasteiger partial charge is 0.496 e. The Hall–Kier alpha value is -1.02. The van der Waals surface area contributed by atoms with E-state index in [2.05, 4.69) is 46.8 Å². The second-order valence-electron chi connectivity index (χ2n) is 9.02. The second-order valence-corrected chi connectivity index (χ2v) is 9.02. The number of rotatable bonds is 3. The van der Waals surface area contributed by atoms with Crippen molar-refractivity contribution >= 4 is 0 Å². The Morgan fingerprint density at radius 1 is 1.14 bits per heavy atom. The lowest BCUT2D eigenvalue weighted by atomic mass is 9.65. The number of benzene rings is 1. The molecule has 2 heteroatoms. The van der Waals surface area contributed by atoms with Crippen LogP contribution >= 0.6 is 0 Å². The maximum absolute atomic E-state index is 5.46. The van der Waals surface area contributed by atoms with E-state index in [4.69, 9.17) is 4.74 Å². The zero-order valence-electron chi connectivity index (χ0n) is 15.2. The van der Waals surface area contributed by atoms with Gasteiger partial charge < -0.3 is 9.64 Å². The van der Waals surface area contributed by atoms with Gasteiger partial charge in [0.2, 0.25) is 0 Å². The van der Waals surface area contributed by atoms with Crippen molar-refractivity contribution in [1.82, 2.24) is 0 Å². The molecule has 1 unspecified atom stereocenters. The standard InChI is InChI=1S/C20H31NO/c1-14-8-18(22-6)15(2)7-16(14)11-21-13-20(5)10-17(21)9-19(3,4)12-20/h7-8,17H,9-13H2,1-6H3/p+1/t17-,20-/m0/s1. The fraction of sp³-hybridized carbons (Fsp3) is 0.700. The fourth-order valence-electron chi connectivity index (χ4n) is 5.46. The monoisotopic (exact) mass is 302 g/mol. The molecule has 0 amide bonds. The molecule has 1 aromatic rings. The Balaban J connectivity index is 1.82. The molecule has 3 atom stereocenters. The van der Waals surface area contributed by atoms with E-state index < -0.39 is 0 Å². The van der Waals surface area contributed by atoms with Crippen LogP contribution < -0.4 is 9.64 Å². The number of aryl methyl sites for hydroxylation is 2. The van der Waals surface area contributed by atoms with Crippen LogP contribution in [0.5, 0.6) is 5.75 Å². The number of fused-ring (bicyclic) bond motifs is 2. The van der Waals surface area contributed by atoms with Gasteiger partial charge in [-0.05, 0) is 48.9 Å². The average molecular weight is 302 g/mol. The first-order valence-electron chi connectivity index (χ1n) is 8.70. The Labute approximate surface area is 135 Å². The maximum Gasteiger partial charge on any atom is 0.122 e. The van der Waals surface area contributed by atoms with Crippen LogP contribution in [-0.2, 0) is 6.54 Å². The van der Waals surface area contributed by atoms with Gasteiger partial charge in [0, 0.05) is 23.8 Å². The first kappa shape index (κ1) is 15.9. The summed E-state index contributed by atoms with van der Waals surface area (Å²) in [5.41, 5.74) is 5.21. The summed E-state index contributed by atoms with van der Waals surface area (Å²) in [6, 6.07) is 5.39. The molecule has 2 bridgehead atoms. The van der Waals surface area contributed by atoms with Gasteiger partial charge in [-0.15, -0.1) is 0 Å². The van der Waals surface area contributed by atoms with Gasteiger partial charge in [-0.2, -0.15) is 0 Å². The minimum Gasteiger partial charge on any atom is -0.496 e. The van der Waals surface area contributed by atoms with Crippen LogP contribution in [0.3, 0.4) is 0 Å². The molecule has 1 aliphatic carbocycles. The second kappa shape index (κ2) is 5.26. The summed E-state index contributed by atoms with van der Waals surface area (Å²) in [6.07, 6.45) is 4.19. The lowest BCUT2D eigenvalue weighted by molar-refractivity contribution is -0.928. The Morgan fingerprint density at radius 2 is 1.86 bits per heavy atom. The molecule has 3 rings (SSSR count). The highest BCUT2D eigenvalue weighted by Gasteiger charge is 2.52. The normalized spacial score (nSPS) is 33.0. The first-order chi connectivity index (χ1) is 10.2. The third-order valence-electron chi connectivity index (χ3n) is 5.95. The predicted molar refractivity (Wildman–Crippen MR) is 91.5 cm³/mol. The van der Waals surface area contributed by atoms with Crippen LogP contribution in [0.15, 0.2) is 12.1 Å². The van der Waals surface area contributed by atoms with Gasteiger partial charge >= 0.3 is 0 Å². The van der Waals surface area contributed by atoms with E-state index in [1.165, 1.54) is 49.0 Å². The fourth-order valence-corrected chi connectivity index (χ4v) is 5.46. The summed E-state index contributed by atoms with van der Waals surface area (Å²) in [5.74, 6) is 1.02. The Kier molecular flexibility index (Phi) is 3.79. The smallest absolute Gasteiger partial charge is 0.122 e. The molecular weight excluding hydrogens is 270 g/mol. The highest BCUT2D eigenvalue weighted by molar-refractivity contribution is 5.41. The van der Waals surface area contributed by atoms with Crippen LogP contribution in [0, 0.1) is 24.7 Å². The van der Waals surface area contributed by atoms with E-state index in [1.54, 1.807) is 12.0 Å². The third-order valence-corrected chi connectivity index (χ3v) is 5.95. The van der Waals surface area contributed by atoms with E-state index in [0.29, 0.717) is 10.8 Å². The van der Waals surface area contributed by atoms with Crippen LogP contribution in [0.25, 0.3) is 0 Å². The molecule has 1 saturated carbocycles. The molecule has 1 heterocycles. The van der Waals surface area contributed by atoms with E-state index in [-0.39, 0.29) is 0 Å². The Bertz CT molecular complexity index is 577. The molecule has 2 aliphatic rings. The number of nitrogens with one attached hydrogen (secondary N) is 1. The van der Waals surface area contributed by atoms with E-state index in [1.807, 2.05) is 0 Å². The van der Waals surface area contributed by atoms with Crippen molar-refractivity contribution in [3.63, 3.8) is 0 Å². The van der Waals surface area contributed by atoms with Crippen molar-refractivity contribution in [1.29, 1.82) is 0 Å². The lowest BCUT2D eigenvalue weighted by Gasteiger charge is -2.37. The van der Waals surface area contributed by atoms with Crippen molar-refractivity contribution in [2.24, 2.45) is 10.8 Å². The summed E-state index contributed by atoms with van der Waals surface area (Å²) >= 11 is 0. The summed E-state index contributed by atoms with van der Waals surface area (Å²) in [4.78, 5) is 1.81. The number of hydrogen-bond acceptors (Lipinski definition) is 1. The van der Waals surface area contributed by atoms with Crippen molar-refractivity contribution in [2.75, 3.05) is 13.7 Å². The summed E-state index contributed by atoms with van der Waals surface area (Å²) < 4.78 is 5.46. The molecule has 1 aliphatic heterocycles. The minimum atomic E-state index is 0.518. The minimum absolute atomic E-state index is 0.518. The van der Waals surface area contributed by atoms with Gasteiger partial charge in [-0.1, -0.05) is 20.8 Å². The zero-order chi connectivity index (χ0) is 16.1. The van der Waals surface area contributed by atoms with Crippen LogP contribution in [0.4, 0.5) is 0 Å². The summed E-state index contributed by atoms with van der Waals surface area (Å²) in [7, 11) is 1.76. The topological polar surface area (TPSA) is 13.7 Å². The van der Waals surface area contributed by atoms with Crippen LogP contribution in [0.2, 0.25) is 0 Å². The molecule has 122 valence electrons. The predicted octanol–water partition coefficient (Wildman–Crippen LogP) is 3.30. The number of quaternary nitrogens is 1. The number of hydrogen-bond donors (Lipinski definition) is 1. The van der Waals surface area contributed by atoms with Crippen molar-refractivity contribution in [3.8, 4) is 5.75 Å². The van der Waals surface area contributed by atoms with Gasteiger partial charge in [-0.25, -0.2) is 0 Å². The number of likely N-dealkylation sites (tertiary alicyclic amines) is 1. The van der Waals surface area contributed by atoms with Gasteiger partial charge in [0.1, 0.15) is 12.3 Å². The zero-order valence-corrected chi connectivity index (χ0v) is 15.2. The molecule has 1 saturated heterocycles. The van der Waals surface area contributed by atoms with Crippen molar-refractivity contribution in [3.05, 3.63) is 28.8 Å². The summed E-state index contributed by atoms with van der Waals surface area (Å²) in [6.45, 7) is 14.3. The average Bonchev–Trinajstić information content (AvgIpc) is 2.62. The molecule has 0 spiro atoms. The number of methoxy groups -OCH3 is 1. The molecule has 0 aromatic heterocycles. The number of ether oxygens (including phenoxy) is 1. The SMILES string of the molecule is COc1cc(C)c(C[NH+]2C[C@@]3(C)C[C@@H]2CC(C)(C)C3)cc1C. The molecule has 1 aromatic carbocycles. The van der Waals surface area contributed by atoms with Crippen molar-refractivity contribution in [2.45, 2.75) is 66.5 Å². The molecule has 2 nitrogen and oxygen atoms in total. The van der Waals surface area contributed by atoms with Crippen LogP contribution in [0.1, 0.15) is 56.7 Å². The Morgan fingerprint density at radius 3 is 2.55 bits per heavy atom. The van der Waals surface area contributed by atoms with Crippen molar-refractivity contribution < 1.29 is 9.64 Å². The molecule has 22 heavy (non-hydrogen) atoms. The molecule has 1 N–H and O–H groups in total. The lowest BCUT2D eigenvalue weighted by Crippen LogP contribution is -3.12. The molecular formula is C20H32NO+. The van der Waals surface area contributed by atoms with Gasteiger partial charge in [0.25, 0.3) is 0 Å². The first-order valence-corrected chi connectivity index (χ1v) is 8.70. The van der Waals surface area contributed by atoms with Gasteiger partial charge in [-0.3, -0.25) is 0 Å². The quantitative estimate of drug-likeness (QED) is 0.904. The molecule has 0 radical (unpaired) electrons. The summed E-state index contributed by atoms with van der Waals surface area (Å²) in [5, 5.41) is 0. The van der Waals surface area contributed by atoms with Gasteiger partial charge in [0.15, 0.2) is 0 Å².